The molecule has 2 heterocycles. The fourth-order valence-electron chi connectivity index (χ4n) is 1.93. The van der Waals surface area contributed by atoms with Crippen molar-refractivity contribution in [1.82, 2.24) is 15.0 Å². The monoisotopic (exact) mass is 267 g/mol. The predicted molar refractivity (Wildman–Crippen MR) is 72.2 cm³/mol. The molecule has 1 aliphatic rings. The summed E-state index contributed by atoms with van der Waals surface area (Å²) in [4.78, 5) is 14.6. The summed E-state index contributed by atoms with van der Waals surface area (Å²) in [7, 11) is 0. The van der Waals surface area contributed by atoms with Gasteiger partial charge in [0.1, 0.15) is 0 Å². The fraction of sp³-hybridized carbons (Fsp3) is 0.750. The minimum atomic E-state index is 0.147. The maximum absolute atomic E-state index is 5.72. The van der Waals surface area contributed by atoms with Crippen LogP contribution in [0.1, 0.15) is 27.2 Å². The van der Waals surface area contributed by atoms with E-state index in [0.717, 1.165) is 13.0 Å². The van der Waals surface area contributed by atoms with Gasteiger partial charge in [0, 0.05) is 6.54 Å². The highest BCUT2D eigenvalue weighted by molar-refractivity contribution is 5.37. The summed E-state index contributed by atoms with van der Waals surface area (Å²) >= 11 is 0. The van der Waals surface area contributed by atoms with E-state index in [4.69, 9.17) is 15.2 Å². The lowest BCUT2D eigenvalue weighted by Crippen LogP contribution is -2.48. The van der Waals surface area contributed by atoms with Crippen molar-refractivity contribution in [2.75, 3.05) is 30.4 Å². The van der Waals surface area contributed by atoms with Gasteiger partial charge in [-0.3, -0.25) is 0 Å². The van der Waals surface area contributed by atoms with Gasteiger partial charge in [-0.25, -0.2) is 0 Å². The minimum Gasteiger partial charge on any atom is -0.463 e. The number of hydrogen-bond donors (Lipinski definition) is 1. The van der Waals surface area contributed by atoms with E-state index in [2.05, 4.69) is 26.8 Å². The number of aromatic nitrogens is 3. The lowest BCUT2D eigenvalue weighted by atomic mass is 10.2. The molecule has 0 amide bonds. The molecule has 0 spiro atoms. The second-order valence-corrected chi connectivity index (χ2v) is 4.77. The highest BCUT2D eigenvalue weighted by Gasteiger charge is 2.26. The summed E-state index contributed by atoms with van der Waals surface area (Å²) in [6.07, 6.45) is 1.04. The second kappa shape index (κ2) is 6.01. The van der Waals surface area contributed by atoms with Gasteiger partial charge < -0.3 is 20.1 Å². The average Bonchev–Trinajstić information content (AvgIpc) is 2.38. The quantitative estimate of drug-likeness (QED) is 0.865. The third kappa shape index (κ3) is 3.44. The first-order valence-corrected chi connectivity index (χ1v) is 6.62. The van der Waals surface area contributed by atoms with Crippen LogP contribution < -0.4 is 15.4 Å². The summed E-state index contributed by atoms with van der Waals surface area (Å²) in [5, 5.41) is 0. The Bertz CT molecular complexity index is 429. The maximum atomic E-state index is 5.72. The molecule has 0 bridgehead atoms. The van der Waals surface area contributed by atoms with E-state index >= 15 is 0 Å². The smallest absolute Gasteiger partial charge is 0.323 e. The van der Waals surface area contributed by atoms with Crippen molar-refractivity contribution in [3.8, 4) is 6.01 Å². The highest BCUT2D eigenvalue weighted by atomic mass is 16.5. The Morgan fingerprint density at radius 2 is 2.16 bits per heavy atom. The molecule has 2 unspecified atom stereocenters. The largest absolute Gasteiger partial charge is 0.463 e. The van der Waals surface area contributed by atoms with Gasteiger partial charge in [-0.05, 0) is 20.3 Å². The van der Waals surface area contributed by atoms with E-state index in [-0.39, 0.29) is 24.1 Å². The number of nitrogens with two attached hydrogens (primary N) is 1. The van der Waals surface area contributed by atoms with E-state index in [0.29, 0.717) is 19.2 Å². The van der Waals surface area contributed by atoms with Crippen molar-refractivity contribution in [3.05, 3.63) is 0 Å². The van der Waals surface area contributed by atoms with Gasteiger partial charge in [-0.2, -0.15) is 15.0 Å². The van der Waals surface area contributed by atoms with Crippen LogP contribution in [0.5, 0.6) is 6.01 Å². The summed E-state index contributed by atoms with van der Waals surface area (Å²) in [5.74, 6) is 0.740. The molecule has 2 atom stereocenters. The van der Waals surface area contributed by atoms with Crippen LogP contribution in [-0.2, 0) is 4.74 Å². The number of anilines is 2. The van der Waals surface area contributed by atoms with E-state index in [1.165, 1.54) is 0 Å². The Labute approximate surface area is 113 Å². The molecular weight excluding hydrogens is 246 g/mol. The lowest BCUT2D eigenvalue weighted by molar-refractivity contribution is 0.0336. The number of nitrogens with zero attached hydrogens (tertiary/aromatic N) is 4. The number of rotatable bonds is 4. The summed E-state index contributed by atoms with van der Waals surface area (Å²) < 4.78 is 11.0. The average molecular weight is 267 g/mol. The predicted octanol–water partition coefficient (Wildman–Crippen LogP) is 0.856. The van der Waals surface area contributed by atoms with Crippen molar-refractivity contribution in [2.24, 2.45) is 0 Å². The van der Waals surface area contributed by atoms with Crippen LogP contribution in [0.4, 0.5) is 11.9 Å². The van der Waals surface area contributed by atoms with E-state index < -0.39 is 0 Å². The van der Waals surface area contributed by atoms with Crippen molar-refractivity contribution >= 4 is 11.9 Å². The van der Waals surface area contributed by atoms with Crippen LogP contribution in [0.25, 0.3) is 0 Å². The molecule has 0 aromatic carbocycles. The molecule has 2 N–H and O–H groups in total. The molecule has 0 radical (unpaired) electrons. The Morgan fingerprint density at radius 3 is 2.89 bits per heavy atom. The van der Waals surface area contributed by atoms with Gasteiger partial charge in [0.2, 0.25) is 11.9 Å². The number of hydrogen-bond acceptors (Lipinski definition) is 7. The van der Waals surface area contributed by atoms with Gasteiger partial charge in [0.05, 0.1) is 25.4 Å². The number of ether oxygens (including phenoxy) is 2. The molecule has 106 valence electrons. The molecule has 1 fully saturated rings. The van der Waals surface area contributed by atoms with Crippen LogP contribution >= 0.6 is 0 Å². The molecule has 7 nitrogen and oxygen atoms in total. The van der Waals surface area contributed by atoms with E-state index in [9.17, 15) is 0 Å². The van der Waals surface area contributed by atoms with E-state index in [1.807, 2.05) is 13.8 Å². The molecule has 1 aromatic heterocycles. The molecule has 0 aliphatic carbocycles. The zero-order valence-corrected chi connectivity index (χ0v) is 11.7. The van der Waals surface area contributed by atoms with Crippen LogP contribution in [0, 0.1) is 0 Å². The van der Waals surface area contributed by atoms with Crippen LogP contribution in [0.15, 0.2) is 0 Å². The molecular formula is C12H21N5O2. The number of nitrogen functional groups attached to an aromatic ring is 1. The minimum absolute atomic E-state index is 0.147. The topological polar surface area (TPSA) is 86.4 Å². The Morgan fingerprint density at radius 1 is 1.37 bits per heavy atom. The van der Waals surface area contributed by atoms with Crippen molar-refractivity contribution in [3.63, 3.8) is 0 Å². The lowest BCUT2D eigenvalue weighted by Gasteiger charge is -2.36. The first kappa shape index (κ1) is 13.8. The molecule has 0 saturated carbocycles. The Balaban J connectivity index is 2.20. The molecule has 1 aliphatic heterocycles. The summed E-state index contributed by atoms with van der Waals surface area (Å²) in [6, 6.07) is 0.493. The van der Waals surface area contributed by atoms with Gasteiger partial charge in [-0.15, -0.1) is 0 Å². The van der Waals surface area contributed by atoms with Gasteiger partial charge >= 0.3 is 6.01 Å². The Hall–Kier alpha value is -1.63. The number of morpholine rings is 1. The Kier molecular flexibility index (Phi) is 4.36. The van der Waals surface area contributed by atoms with Gasteiger partial charge in [0.25, 0.3) is 0 Å². The fourth-order valence-corrected chi connectivity index (χ4v) is 1.93. The van der Waals surface area contributed by atoms with Crippen molar-refractivity contribution in [2.45, 2.75) is 39.3 Å². The van der Waals surface area contributed by atoms with Crippen LogP contribution in [0.2, 0.25) is 0 Å². The SMILES string of the molecule is CCCOc1nc(N)nc(N2CC(C)OCC2C)n1. The van der Waals surface area contributed by atoms with Crippen LogP contribution in [0.3, 0.4) is 0 Å². The first-order valence-electron chi connectivity index (χ1n) is 6.62. The molecule has 2 rings (SSSR count). The van der Waals surface area contributed by atoms with Crippen molar-refractivity contribution < 1.29 is 9.47 Å². The van der Waals surface area contributed by atoms with Gasteiger partial charge in [0.15, 0.2) is 0 Å². The van der Waals surface area contributed by atoms with E-state index in [1.54, 1.807) is 0 Å². The molecule has 19 heavy (non-hydrogen) atoms. The molecule has 1 aromatic rings. The standard InChI is InChI=1S/C12H21N5O2/c1-4-5-18-12-15-10(13)14-11(16-12)17-6-9(3)19-7-8(17)2/h8-9H,4-7H2,1-3H3,(H2,13,14,15,16). The molecule has 7 heteroatoms. The molecule has 1 saturated heterocycles. The summed E-state index contributed by atoms with van der Waals surface area (Å²) in [6.45, 7) is 8.07. The highest BCUT2D eigenvalue weighted by Crippen LogP contribution is 2.20. The normalized spacial score (nSPS) is 23.4. The van der Waals surface area contributed by atoms with Gasteiger partial charge in [-0.1, -0.05) is 6.92 Å². The first-order chi connectivity index (χ1) is 9.10. The zero-order valence-electron chi connectivity index (χ0n) is 11.7. The zero-order chi connectivity index (χ0) is 13.8. The second-order valence-electron chi connectivity index (χ2n) is 4.77. The summed E-state index contributed by atoms with van der Waals surface area (Å²) in [5.41, 5.74) is 5.72. The third-order valence-electron chi connectivity index (χ3n) is 2.92. The third-order valence-corrected chi connectivity index (χ3v) is 2.92. The van der Waals surface area contributed by atoms with Crippen LogP contribution in [-0.4, -0.2) is 46.9 Å². The maximum Gasteiger partial charge on any atom is 0.323 e. The van der Waals surface area contributed by atoms with Crippen molar-refractivity contribution in [1.29, 1.82) is 0 Å².